The molecule has 0 unspecified atom stereocenters. The zero-order valence-corrected chi connectivity index (χ0v) is 11.5. The van der Waals surface area contributed by atoms with Crippen molar-refractivity contribution in [1.82, 2.24) is 9.78 Å². The van der Waals surface area contributed by atoms with Crippen molar-refractivity contribution in [2.45, 2.75) is 0 Å². The summed E-state index contributed by atoms with van der Waals surface area (Å²) in [5, 5.41) is 4.28. The van der Waals surface area contributed by atoms with E-state index in [0.29, 0.717) is 5.56 Å². The number of para-hydroxylation sites is 1. The molecule has 0 N–H and O–H groups in total. The van der Waals surface area contributed by atoms with Gasteiger partial charge in [-0.2, -0.15) is 5.10 Å². The lowest BCUT2D eigenvalue weighted by Gasteiger charge is -2.03. The fourth-order valence-corrected chi connectivity index (χ4v) is 2.39. The smallest absolute Gasteiger partial charge is 0.131 e. The number of halogens is 2. The second-order valence-corrected chi connectivity index (χ2v) is 4.96. The molecule has 0 atom stereocenters. The fourth-order valence-electron chi connectivity index (χ4n) is 1.93. The van der Waals surface area contributed by atoms with Crippen molar-refractivity contribution >= 4 is 15.9 Å². The predicted molar refractivity (Wildman–Crippen MR) is 76.7 cm³/mol. The molecule has 94 valence electrons. The van der Waals surface area contributed by atoms with Crippen LogP contribution >= 0.6 is 15.9 Å². The summed E-state index contributed by atoms with van der Waals surface area (Å²) < 4.78 is 16.4. The van der Waals surface area contributed by atoms with E-state index in [4.69, 9.17) is 0 Å². The quantitative estimate of drug-likeness (QED) is 0.683. The van der Waals surface area contributed by atoms with E-state index in [-0.39, 0.29) is 5.82 Å². The van der Waals surface area contributed by atoms with E-state index in [9.17, 15) is 4.39 Å². The summed E-state index contributed by atoms with van der Waals surface area (Å²) in [7, 11) is 0. The van der Waals surface area contributed by atoms with Crippen molar-refractivity contribution < 1.29 is 4.39 Å². The first-order chi connectivity index (χ1) is 9.25. The van der Waals surface area contributed by atoms with E-state index in [1.807, 2.05) is 36.5 Å². The molecule has 0 saturated heterocycles. The Morgan fingerprint density at radius 3 is 2.53 bits per heavy atom. The van der Waals surface area contributed by atoms with E-state index in [1.165, 1.54) is 6.07 Å². The monoisotopic (exact) mass is 316 g/mol. The Kier molecular flexibility index (Phi) is 3.17. The third kappa shape index (κ3) is 2.31. The average molecular weight is 317 g/mol. The van der Waals surface area contributed by atoms with Gasteiger partial charge in [0, 0.05) is 21.8 Å². The Labute approximate surface area is 118 Å². The van der Waals surface area contributed by atoms with Gasteiger partial charge < -0.3 is 0 Å². The molecule has 2 aromatic carbocycles. The van der Waals surface area contributed by atoms with Crippen LogP contribution in [0.15, 0.2) is 65.4 Å². The highest BCUT2D eigenvalue weighted by atomic mass is 79.9. The van der Waals surface area contributed by atoms with Gasteiger partial charge in [0.05, 0.1) is 11.9 Å². The first-order valence-electron chi connectivity index (χ1n) is 5.80. The van der Waals surface area contributed by atoms with Gasteiger partial charge in [-0.05, 0) is 34.1 Å². The van der Waals surface area contributed by atoms with Gasteiger partial charge in [0.25, 0.3) is 0 Å². The molecule has 0 aliphatic rings. The van der Waals surface area contributed by atoms with Crippen molar-refractivity contribution in [2.75, 3.05) is 0 Å². The molecule has 0 amide bonds. The van der Waals surface area contributed by atoms with Crippen LogP contribution in [0.1, 0.15) is 0 Å². The summed E-state index contributed by atoms with van der Waals surface area (Å²) >= 11 is 3.48. The maximum absolute atomic E-state index is 13.7. The number of nitrogens with zero attached hydrogens (tertiary/aromatic N) is 2. The van der Waals surface area contributed by atoms with E-state index in [2.05, 4.69) is 21.0 Å². The molecule has 3 aromatic rings. The van der Waals surface area contributed by atoms with Crippen LogP contribution in [0.3, 0.4) is 0 Å². The number of rotatable bonds is 2. The van der Waals surface area contributed by atoms with Crippen molar-refractivity contribution in [3.8, 4) is 16.8 Å². The summed E-state index contributed by atoms with van der Waals surface area (Å²) in [6.07, 6.45) is 3.48. The standard InChI is InChI=1S/C15H10BrFN2/c16-13-6-2-4-8-15(13)19-10-11(9-18-19)12-5-1-3-7-14(12)17/h1-10H. The highest BCUT2D eigenvalue weighted by Crippen LogP contribution is 2.25. The van der Waals surface area contributed by atoms with Crippen molar-refractivity contribution in [3.05, 3.63) is 71.2 Å². The minimum absolute atomic E-state index is 0.242. The maximum atomic E-state index is 13.7. The molecule has 0 spiro atoms. The molecule has 0 bridgehead atoms. The number of hydrogen-bond acceptors (Lipinski definition) is 1. The van der Waals surface area contributed by atoms with Crippen LogP contribution in [-0.2, 0) is 0 Å². The Morgan fingerprint density at radius 1 is 1.00 bits per heavy atom. The molecule has 0 aliphatic heterocycles. The van der Waals surface area contributed by atoms with E-state index < -0.39 is 0 Å². The minimum Gasteiger partial charge on any atom is -0.239 e. The second kappa shape index (κ2) is 4.97. The van der Waals surface area contributed by atoms with Gasteiger partial charge in [-0.3, -0.25) is 0 Å². The zero-order chi connectivity index (χ0) is 13.2. The molecule has 19 heavy (non-hydrogen) atoms. The molecule has 0 aliphatic carbocycles. The Morgan fingerprint density at radius 2 is 1.74 bits per heavy atom. The Hall–Kier alpha value is -1.94. The predicted octanol–water partition coefficient (Wildman–Crippen LogP) is 4.44. The molecule has 1 heterocycles. The van der Waals surface area contributed by atoms with E-state index >= 15 is 0 Å². The molecule has 0 saturated carbocycles. The van der Waals surface area contributed by atoms with Crippen molar-refractivity contribution in [3.63, 3.8) is 0 Å². The highest BCUT2D eigenvalue weighted by Gasteiger charge is 2.08. The molecule has 4 heteroatoms. The second-order valence-electron chi connectivity index (χ2n) is 4.10. The van der Waals surface area contributed by atoms with E-state index in [0.717, 1.165) is 15.7 Å². The van der Waals surface area contributed by atoms with E-state index in [1.54, 1.807) is 23.0 Å². The van der Waals surface area contributed by atoms with Crippen LogP contribution in [0.25, 0.3) is 16.8 Å². The SMILES string of the molecule is Fc1ccccc1-c1cnn(-c2ccccc2Br)c1. The van der Waals surface area contributed by atoms with Gasteiger partial charge in [0.2, 0.25) is 0 Å². The van der Waals surface area contributed by atoms with Gasteiger partial charge in [-0.15, -0.1) is 0 Å². The first kappa shape index (κ1) is 12.1. The topological polar surface area (TPSA) is 17.8 Å². The summed E-state index contributed by atoms with van der Waals surface area (Å²) in [6, 6.07) is 14.5. The molecular weight excluding hydrogens is 307 g/mol. The van der Waals surface area contributed by atoms with Crippen LogP contribution in [0.5, 0.6) is 0 Å². The Bertz CT molecular complexity index is 661. The van der Waals surface area contributed by atoms with Crippen molar-refractivity contribution in [2.24, 2.45) is 0 Å². The lowest BCUT2D eigenvalue weighted by atomic mass is 10.1. The van der Waals surface area contributed by atoms with Gasteiger partial charge in [-0.25, -0.2) is 9.07 Å². The van der Waals surface area contributed by atoms with Crippen LogP contribution in [0.2, 0.25) is 0 Å². The fraction of sp³-hybridized carbons (Fsp3) is 0. The molecule has 2 nitrogen and oxygen atoms in total. The molecule has 1 aromatic heterocycles. The lowest BCUT2D eigenvalue weighted by Crippen LogP contribution is -1.94. The number of benzene rings is 2. The van der Waals surface area contributed by atoms with Gasteiger partial charge in [0.15, 0.2) is 0 Å². The molecule has 0 fully saturated rings. The number of hydrogen-bond donors (Lipinski definition) is 0. The van der Waals surface area contributed by atoms with Crippen LogP contribution in [0.4, 0.5) is 4.39 Å². The first-order valence-corrected chi connectivity index (χ1v) is 6.59. The number of aromatic nitrogens is 2. The average Bonchev–Trinajstić information content (AvgIpc) is 2.89. The normalized spacial score (nSPS) is 10.6. The largest absolute Gasteiger partial charge is 0.239 e. The molecular formula is C15H10BrFN2. The third-order valence-corrected chi connectivity index (χ3v) is 3.54. The summed E-state index contributed by atoms with van der Waals surface area (Å²) in [4.78, 5) is 0. The van der Waals surface area contributed by atoms with Crippen molar-refractivity contribution in [1.29, 1.82) is 0 Å². The minimum atomic E-state index is -0.242. The summed E-state index contributed by atoms with van der Waals surface area (Å²) in [5.74, 6) is -0.242. The third-order valence-electron chi connectivity index (χ3n) is 2.87. The maximum Gasteiger partial charge on any atom is 0.131 e. The lowest BCUT2D eigenvalue weighted by molar-refractivity contribution is 0.631. The summed E-state index contributed by atoms with van der Waals surface area (Å²) in [6.45, 7) is 0. The molecule has 0 radical (unpaired) electrons. The highest BCUT2D eigenvalue weighted by molar-refractivity contribution is 9.10. The molecule has 3 rings (SSSR count). The van der Waals surface area contributed by atoms with Crippen LogP contribution < -0.4 is 0 Å². The van der Waals surface area contributed by atoms with Gasteiger partial charge in [-0.1, -0.05) is 30.3 Å². The Balaban J connectivity index is 2.06. The van der Waals surface area contributed by atoms with Crippen LogP contribution in [-0.4, -0.2) is 9.78 Å². The van der Waals surface area contributed by atoms with Gasteiger partial charge >= 0.3 is 0 Å². The zero-order valence-electron chi connectivity index (χ0n) is 9.92. The summed E-state index contributed by atoms with van der Waals surface area (Å²) in [5.41, 5.74) is 2.24. The van der Waals surface area contributed by atoms with Gasteiger partial charge in [0.1, 0.15) is 5.82 Å². The van der Waals surface area contributed by atoms with Crippen LogP contribution in [0, 0.1) is 5.82 Å².